The molecule has 1 N–H and O–H groups in total. The topological polar surface area (TPSA) is 49.4 Å². The molecule has 0 radical (unpaired) electrons. The van der Waals surface area contributed by atoms with Gasteiger partial charge in [0.25, 0.3) is 5.91 Å². The van der Waals surface area contributed by atoms with Crippen molar-refractivity contribution in [3.05, 3.63) is 34.9 Å². The molecule has 0 saturated heterocycles. The van der Waals surface area contributed by atoms with Crippen molar-refractivity contribution in [1.29, 1.82) is 0 Å². The number of likely N-dealkylation sites (N-methyl/N-ethyl adjacent to an activating group) is 1. The first kappa shape index (κ1) is 14.5. The summed E-state index contributed by atoms with van der Waals surface area (Å²) in [5.41, 5.74) is 0.454. The van der Waals surface area contributed by atoms with Crippen LogP contribution in [0.4, 0.5) is 0 Å². The smallest absolute Gasteiger partial charge is 0.251 e. The number of carbonyl (C=O) groups excluding carboxylic acids is 2. The molecule has 18 heavy (non-hydrogen) atoms. The summed E-state index contributed by atoms with van der Waals surface area (Å²) >= 11 is 5.79. The maximum Gasteiger partial charge on any atom is 0.251 e. The Labute approximate surface area is 112 Å². The van der Waals surface area contributed by atoms with Gasteiger partial charge in [0.05, 0.1) is 6.54 Å². The van der Waals surface area contributed by atoms with E-state index >= 15 is 0 Å². The zero-order valence-corrected chi connectivity index (χ0v) is 11.3. The highest BCUT2D eigenvalue weighted by Crippen LogP contribution is 2.10. The largest absolute Gasteiger partial charge is 0.343 e. The molecular formula is C13H17ClN2O2. The van der Waals surface area contributed by atoms with Crippen molar-refractivity contribution in [2.75, 3.05) is 19.6 Å². The fraction of sp³-hybridized carbons (Fsp3) is 0.385. The number of rotatable bonds is 5. The summed E-state index contributed by atoms with van der Waals surface area (Å²) in [6.07, 6.45) is 0. The number of carbonyl (C=O) groups is 2. The first-order valence-corrected chi connectivity index (χ1v) is 6.27. The summed E-state index contributed by atoms with van der Waals surface area (Å²) < 4.78 is 0. The zero-order valence-electron chi connectivity index (χ0n) is 10.6. The van der Waals surface area contributed by atoms with Crippen LogP contribution in [0, 0.1) is 0 Å². The molecule has 0 fully saturated rings. The molecule has 0 atom stereocenters. The minimum absolute atomic E-state index is 0.00697. The molecule has 0 unspecified atom stereocenters. The van der Waals surface area contributed by atoms with Gasteiger partial charge < -0.3 is 10.2 Å². The van der Waals surface area contributed by atoms with Gasteiger partial charge in [0.1, 0.15) is 0 Å². The van der Waals surface area contributed by atoms with E-state index in [2.05, 4.69) is 5.32 Å². The Hall–Kier alpha value is -1.55. The van der Waals surface area contributed by atoms with Gasteiger partial charge in [-0.05, 0) is 32.0 Å². The van der Waals surface area contributed by atoms with Crippen LogP contribution in [0.2, 0.25) is 5.02 Å². The lowest BCUT2D eigenvalue weighted by molar-refractivity contribution is -0.129. The standard InChI is InChI=1S/C13H17ClN2O2/c1-3-16(4-2)12(17)9-15-13(18)10-6-5-7-11(14)8-10/h5-8H,3-4,9H2,1-2H3,(H,15,18). The predicted octanol–water partition coefficient (Wildman–Crippen LogP) is 1.94. The van der Waals surface area contributed by atoms with Gasteiger partial charge in [-0.25, -0.2) is 0 Å². The van der Waals surface area contributed by atoms with Gasteiger partial charge in [0.2, 0.25) is 5.91 Å². The lowest BCUT2D eigenvalue weighted by atomic mass is 10.2. The SMILES string of the molecule is CCN(CC)C(=O)CNC(=O)c1cccc(Cl)c1. The molecule has 0 aliphatic carbocycles. The molecule has 1 aromatic carbocycles. The van der Waals surface area contributed by atoms with Gasteiger partial charge in [0, 0.05) is 23.7 Å². The molecule has 5 heteroatoms. The van der Waals surface area contributed by atoms with Crippen molar-refractivity contribution >= 4 is 23.4 Å². The second kappa shape index (κ2) is 7.01. The van der Waals surface area contributed by atoms with Gasteiger partial charge >= 0.3 is 0 Å². The average molecular weight is 269 g/mol. The van der Waals surface area contributed by atoms with Crippen molar-refractivity contribution < 1.29 is 9.59 Å². The van der Waals surface area contributed by atoms with E-state index in [4.69, 9.17) is 11.6 Å². The van der Waals surface area contributed by atoms with Crippen LogP contribution in [-0.4, -0.2) is 36.3 Å². The predicted molar refractivity (Wildman–Crippen MR) is 71.7 cm³/mol. The summed E-state index contributed by atoms with van der Waals surface area (Å²) in [5, 5.41) is 3.08. The lowest BCUT2D eigenvalue weighted by Gasteiger charge is -2.18. The third-order valence-electron chi connectivity index (χ3n) is 2.60. The van der Waals surface area contributed by atoms with Gasteiger partial charge in [-0.2, -0.15) is 0 Å². The van der Waals surface area contributed by atoms with Gasteiger partial charge in [-0.15, -0.1) is 0 Å². The molecule has 0 heterocycles. The minimum Gasteiger partial charge on any atom is -0.343 e. The van der Waals surface area contributed by atoms with Crippen molar-refractivity contribution in [3.63, 3.8) is 0 Å². The van der Waals surface area contributed by atoms with Crippen molar-refractivity contribution in [3.8, 4) is 0 Å². The lowest BCUT2D eigenvalue weighted by Crippen LogP contribution is -2.39. The minimum atomic E-state index is -0.294. The summed E-state index contributed by atoms with van der Waals surface area (Å²) in [7, 11) is 0. The van der Waals surface area contributed by atoms with Crippen molar-refractivity contribution in [1.82, 2.24) is 10.2 Å². The molecule has 98 valence electrons. The number of hydrogen-bond acceptors (Lipinski definition) is 2. The maximum atomic E-state index is 11.8. The molecule has 0 aliphatic rings. The molecule has 1 rings (SSSR count). The average Bonchev–Trinajstić information content (AvgIpc) is 2.37. The Bertz CT molecular complexity index is 431. The van der Waals surface area contributed by atoms with E-state index in [-0.39, 0.29) is 18.4 Å². The number of nitrogens with zero attached hydrogens (tertiary/aromatic N) is 1. The fourth-order valence-electron chi connectivity index (χ4n) is 1.58. The van der Waals surface area contributed by atoms with E-state index in [1.807, 2.05) is 13.8 Å². The third kappa shape index (κ3) is 4.04. The number of halogens is 1. The number of nitrogens with one attached hydrogen (secondary N) is 1. The third-order valence-corrected chi connectivity index (χ3v) is 2.84. The van der Waals surface area contributed by atoms with Crippen LogP contribution in [-0.2, 0) is 4.79 Å². The van der Waals surface area contributed by atoms with Gasteiger partial charge in [-0.3, -0.25) is 9.59 Å². The molecule has 0 saturated carbocycles. The van der Waals surface area contributed by atoms with E-state index < -0.39 is 0 Å². The second-order valence-corrected chi connectivity index (χ2v) is 4.20. The van der Waals surface area contributed by atoms with E-state index in [9.17, 15) is 9.59 Å². The first-order valence-electron chi connectivity index (χ1n) is 5.90. The van der Waals surface area contributed by atoms with Crippen LogP contribution < -0.4 is 5.32 Å². The second-order valence-electron chi connectivity index (χ2n) is 3.76. The number of amides is 2. The van der Waals surface area contributed by atoms with Crippen molar-refractivity contribution in [2.24, 2.45) is 0 Å². The maximum absolute atomic E-state index is 11.8. The molecule has 2 amide bonds. The van der Waals surface area contributed by atoms with Crippen LogP contribution in [0.25, 0.3) is 0 Å². The summed E-state index contributed by atoms with van der Waals surface area (Å²) in [4.78, 5) is 25.1. The Kier molecular flexibility index (Phi) is 5.65. The van der Waals surface area contributed by atoms with Crippen LogP contribution in [0.1, 0.15) is 24.2 Å². The molecule has 4 nitrogen and oxygen atoms in total. The highest BCUT2D eigenvalue weighted by atomic mass is 35.5. The van der Waals surface area contributed by atoms with E-state index in [0.29, 0.717) is 23.7 Å². The Morgan fingerprint density at radius 2 is 1.94 bits per heavy atom. The summed E-state index contributed by atoms with van der Waals surface area (Å²) in [6.45, 7) is 5.10. The molecule has 1 aromatic rings. The molecule has 0 aliphatic heterocycles. The Morgan fingerprint density at radius 1 is 1.28 bits per heavy atom. The monoisotopic (exact) mass is 268 g/mol. The zero-order chi connectivity index (χ0) is 13.5. The van der Waals surface area contributed by atoms with E-state index in [0.717, 1.165) is 0 Å². The van der Waals surface area contributed by atoms with E-state index in [1.54, 1.807) is 29.2 Å². The molecular weight excluding hydrogens is 252 g/mol. The van der Waals surface area contributed by atoms with Gasteiger partial charge in [0.15, 0.2) is 0 Å². The van der Waals surface area contributed by atoms with Crippen molar-refractivity contribution in [2.45, 2.75) is 13.8 Å². The van der Waals surface area contributed by atoms with Crippen LogP contribution in [0.5, 0.6) is 0 Å². The number of hydrogen-bond donors (Lipinski definition) is 1. The Morgan fingerprint density at radius 3 is 2.50 bits per heavy atom. The summed E-state index contributed by atoms with van der Waals surface area (Å²) in [5.74, 6) is -0.381. The first-order chi connectivity index (χ1) is 8.58. The Balaban J connectivity index is 2.54. The van der Waals surface area contributed by atoms with E-state index in [1.165, 1.54) is 0 Å². The fourth-order valence-corrected chi connectivity index (χ4v) is 1.77. The van der Waals surface area contributed by atoms with Gasteiger partial charge in [-0.1, -0.05) is 17.7 Å². The van der Waals surface area contributed by atoms with Crippen LogP contribution >= 0.6 is 11.6 Å². The molecule has 0 aromatic heterocycles. The molecule has 0 spiro atoms. The number of benzene rings is 1. The highest BCUT2D eigenvalue weighted by Gasteiger charge is 2.12. The van der Waals surface area contributed by atoms with Crippen LogP contribution in [0.3, 0.4) is 0 Å². The molecule has 0 bridgehead atoms. The summed E-state index contributed by atoms with van der Waals surface area (Å²) in [6, 6.07) is 6.62. The highest BCUT2D eigenvalue weighted by molar-refractivity contribution is 6.30. The normalized spacial score (nSPS) is 9.94. The quantitative estimate of drug-likeness (QED) is 0.887. The van der Waals surface area contributed by atoms with Crippen LogP contribution in [0.15, 0.2) is 24.3 Å².